The Morgan fingerprint density at radius 3 is 2.12 bits per heavy atom. The van der Waals surface area contributed by atoms with Crippen molar-refractivity contribution in [2.45, 2.75) is 0 Å². The van der Waals surface area contributed by atoms with Crippen molar-refractivity contribution < 1.29 is 4.39 Å². The Kier molecular flexibility index (Phi) is 3.72. The van der Waals surface area contributed by atoms with Gasteiger partial charge in [0, 0.05) is 17.2 Å². The van der Waals surface area contributed by atoms with E-state index in [0.29, 0.717) is 5.56 Å². The fourth-order valence-electron chi connectivity index (χ4n) is 1.38. The van der Waals surface area contributed by atoms with Gasteiger partial charge in [-0.05, 0) is 12.1 Å². The minimum atomic E-state index is -0.311. The second-order valence-corrected chi connectivity index (χ2v) is 3.49. The second-order valence-electron chi connectivity index (χ2n) is 3.49. The Balaban J connectivity index is 2.15. The van der Waals surface area contributed by atoms with E-state index >= 15 is 0 Å². The quantitative estimate of drug-likeness (QED) is 0.638. The molecule has 0 fully saturated rings. The van der Waals surface area contributed by atoms with Gasteiger partial charge in [-0.1, -0.05) is 60.4 Å². The summed E-state index contributed by atoms with van der Waals surface area (Å²) in [7, 11) is 0. The molecule has 0 bridgehead atoms. The predicted octanol–water partition coefficient (Wildman–Crippen LogP) is 4.05. The lowest BCUT2D eigenvalue weighted by Crippen LogP contribution is -1.75. The fourth-order valence-corrected chi connectivity index (χ4v) is 1.38. The van der Waals surface area contributed by atoms with E-state index < -0.39 is 0 Å². The Morgan fingerprint density at radius 2 is 1.47 bits per heavy atom. The van der Waals surface area contributed by atoms with E-state index in [1.165, 1.54) is 6.08 Å². The van der Waals surface area contributed by atoms with E-state index in [0.717, 1.165) is 5.56 Å². The maximum Gasteiger partial charge on any atom is 0.138 e. The summed E-state index contributed by atoms with van der Waals surface area (Å²) >= 11 is 0. The van der Waals surface area contributed by atoms with Crippen molar-refractivity contribution in [2.75, 3.05) is 0 Å². The van der Waals surface area contributed by atoms with Crippen LogP contribution in [0.15, 0.2) is 66.7 Å². The first-order valence-electron chi connectivity index (χ1n) is 5.34. The van der Waals surface area contributed by atoms with Gasteiger partial charge in [-0.3, -0.25) is 0 Å². The summed E-state index contributed by atoms with van der Waals surface area (Å²) in [6.07, 6.45) is 1.29. The molecule has 82 valence electrons. The number of hydrogen-bond donors (Lipinski definition) is 0. The van der Waals surface area contributed by atoms with Gasteiger partial charge in [0.1, 0.15) is 5.83 Å². The minimum absolute atomic E-state index is 0.311. The lowest BCUT2D eigenvalue weighted by Gasteiger charge is -1.93. The van der Waals surface area contributed by atoms with Crippen LogP contribution in [0, 0.1) is 11.8 Å². The average Bonchev–Trinajstić information content (AvgIpc) is 2.41. The number of benzene rings is 2. The summed E-state index contributed by atoms with van der Waals surface area (Å²) in [6.45, 7) is 0. The number of halogens is 1. The lowest BCUT2D eigenvalue weighted by atomic mass is 10.2. The van der Waals surface area contributed by atoms with E-state index in [9.17, 15) is 4.39 Å². The molecule has 0 aliphatic rings. The van der Waals surface area contributed by atoms with Gasteiger partial charge >= 0.3 is 0 Å². The molecule has 0 aromatic heterocycles. The van der Waals surface area contributed by atoms with Gasteiger partial charge in [-0.2, -0.15) is 0 Å². The van der Waals surface area contributed by atoms with Gasteiger partial charge in [0.15, 0.2) is 0 Å². The molecule has 0 aliphatic heterocycles. The second kappa shape index (κ2) is 5.67. The molecule has 0 N–H and O–H groups in total. The summed E-state index contributed by atoms with van der Waals surface area (Å²) in [5.41, 5.74) is 1.43. The molecule has 0 heterocycles. The highest BCUT2D eigenvalue weighted by Gasteiger charge is 1.95. The normalized spacial score (nSPS) is 10.5. The first kappa shape index (κ1) is 11.2. The molecule has 0 radical (unpaired) electrons. The van der Waals surface area contributed by atoms with Crippen molar-refractivity contribution >= 4 is 5.83 Å². The number of rotatable bonds is 1. The molecule has 0 atom stereocenters. The molecule has 2 rings (SSSR count). The van der Waals surface area contributed by atoms with Gasteiger partial charge in [0.05, 0.1) is 0 Å². The Hall–Kier alpha value is -2.33. The molecule has 2 aromatic carbocycles. The number of hydrogen-bond acceptors (Lipinski definition) is 0. The monoisotopic (exact) mass is 222 g/mol. The molecule has 2 aromatic rings. The van der Waals surface area contributed by atoms with Gasteiger partial charge in [-0.15, -0.1) is 0 Å². The third kappa shape index (κ3) is 3.32. The van der Waals surface area contributed by atoms with Crippen LogP contribution in [0.3, 0.4) is 0 Å². The van der Waals surface area contributed by atoms with Gasteiger partial charge in [-0.25, -0.2) is 4.39 Å². The Morgan fingerprint density at radius 1 is 0.882 bits per heavy atom. The van der Waals surface area contributed by atoms with Crippen molar-refractivity contribution in [3.8, 4) is 11.8 Å². The molecule has 1 heteroatoms. The highest BCUT2D eigenvalue weighted by molar-refractivity contribution is 5.62. The van der Waals surface area contributed by atoms with E-state index in [-0.39, 0.29) is 5.83 Å². The van der Waals surface area contributed by atoms with Crippen LogP contribution >= 0.6 is 0 Å². The summed E-state index contributed by atoms with van der Waals surface area (Å²) < 4.78 is 13.6. The standard InChI is InChI=1S/C16H11F/c17-16(15-11-5-2-6-12-15)13-7-10-14-8-3-1-4-9-14/h1-6,8-9,11-13H/b16-13-. The molecular weight excluding hydrogens is 211 g/mol. The Bertz CT molecular complexity index is 557. The van der Waals surface area contributed by atoms with Crippen LogP contribution in [0.4, 0.5) is 4.39 Å². The molecule has 0 saturated carbocycles. The molecule has 0 saturated heterocycles. The van der Waals surface area contributed by atoms with Crippen LogP contribution in [-0.4, -0.2) is 0 Å². The van der Waals surface area contributed by atoms with Crippen LogP contribution < -0.4 is 0 Å². The van der Waals surface area contributed by atoms with Crippen molar-refractivity contribution in [2.24, 2.45) is 0 Å². The largest absolute Gasteiger partial charge is 0.206 e. The number of allylic oxidation sites excluding steroid dienone is 1. The van der Waals surface area contributed by atoms with Gasteiger partial charge < -0.3 is 0 Å². The third-order valence-electron chi connectivity index (χ3n) is 2.24. The third-order valence-corrected chi connectivity index (χ3v) is 2.24. The minimum Gasteiger partial charge on any atom is -0.206 e. The van der Waals surface area contributed by atoms with Crippen molar-refractivity contribution in [3.05, 3.63) is 77.9 Å². The maximum atomic E-state index is 13.6. The molecule has 0 spiro atoms. The molecule has 0 nitrogen and oxygen atoms in total. The van der Waals surface area contributed by atoms with E-state index in [1.807, 2.05) is 36.4 Å². The molecule has 0 unspecified atom stereocenters. The van der Waals surface area contributed by atoms with Crippen molar-refractivity contribution in [1.82, 2.24) is 0 Å². The zero-order valence-electron chi connectivity index (χ0n) is 9.23. The van der Waals surface area contributed by atoms with Crippen LogP contribution in [0.5, 0.6) is 0 Å². The molecule has 0 amide bonds. The summed E-state index contributed by atoms with van der Waals surface area (Å²) in [4.78, 5) is 0. The van der Waals surface area contributed by atoms with E-state index in [1.54, 1.807) is 24.3 Å². The smallest absolute Gasteiger partial charge is 0.138 e. The first-order chi connectivity index (χ1) is 8.36. The zero-order valence-corrected chi connectivity index (χ0v) is 9.23. The van der Waals surface area contributed by atoms with Crippen LogP contribution in [0.1, 0.15) is 11.1 Å². The van der Waals surface area contributed by atoms with Crippen LogP contribution in [0.25, 0.3) is 5.83 Å². The summed E-state index contributed by atoms with van der Waals surface area (Å²) in [5.74, 6) is 5.28. The topological polar surface area (TPSA) is 0 Å². The zero-order chi connectivity index (χ0) is 11.9. The fraction of sp³-hybridized carbons (Fsp3) is 0. The van der Waals surface area contributed by atoms with Crippen LogP contribution in [-0.2, 0) is 0 Å². The van der Waals surface area contributed by atoms with Crippen LogP contribution in [0.2, 0.25) is 0 Å². The molecular formula is C16H11F. The van der Waals surface area contributed by atoms with Crippen molar-refractivity contribution in [3.63, 3.8) is 0 Å². The van der Waals surface area contributed by atoms with E-state index in [2.05, 4.69) is 11.8 Å². The molecule has 0 aliphatic carbocycles. The van der Waals surface area contributed by atoms with Gasteiger partial charge in [0.2, 0.25) is 0 Å². The van der Waals surface area contributed by atoms with Gasteiger partial charge in [0.25, 0.3) is 0 Å². The summed E-state index contributed by atoms with van der Waals surface area (Å²) in [6, 6.07) is 18.4. The Labute approximate surface area is 100 Å². The SMILES string of the molecule is F/C(=C\C#Cc1ccccc1)c1ccccc1. The highest BCUT2D eigenvalue weighted by Crippen LogP contribution is 2.14. The van der Waals surface area contributed by atoms with E-state index in [4.69, 9.17) is 0 Å². The lowest BCUT2D eigenvalue weighted by molar-refractivity contribution is 0.761. The maximum absolute atomic E-state index is 13.6. The first-order valence-corrected chi connectivity index (χ1v) is 5.34. The predicted molar refractivity (Wildman–Crippen MR) is 68.8 cm³/mol. The average molecular weight is 222 g/mol. The molecule has 17 heavy (non-hydrogen) atoms. The summed E-state index contributed by atoms with van der Waals surface area (Å²) in [5, 5.41) is 0. The van der Waals surface area contributed by atoms with Crippen molar-refractivity contribution in [1.29, 1.82) is 0 Å². The highest BCUT2D eigenvalue weighted by atomic mass is 19.1.